The van der Waals surface area contributed by atoms with Gasteiger partial charge in [0, 0.05) is 6.21 Å². The summed E-state index contributed by atoms with van der Waals surface area (Å²) in [6, 6.07) is 32.0. The van der Waals surface area contributed by atoms with Crippen LogP contribution in [-0.4, -0.2) is 32.0 Å². The molecular weight excluding hydrogens is 558 g/mol. The van der Waals surface area contributed by atoms with Crippen LogP contribution in [0, 0.1) is 12.8 Å². The molecule has 1 unspecified atom stereocenters. The predicted octanol–water partition coefficient (Wildman–Crippen LogP) is 10.4. The lowest BCUT2D eigenvalue weighted by Crippen LogP contribution is -2.11. The molecule has 4 aromatic carbocycles. The number of unbranched alkanes of at least 4 members (excludes halogenated alkanes) is 5. The van der Waals surface area contributed by atoms with E-state index in [0.29, 0.717) is 18.1 Å². The third kappa shape index (κ3) is 11.9. The SMILES string of the molecule is CCC(C)COC(=O)c1ccc(-c2ccc(OCCCCCCCCOc3ccc(C=Nc4ccc(C)cc4)cc3)cc2)cc1. The lowest BCUT2D eigenvalue weighted by atomic mass is 10.0. The van der Waals surface area contributed by atoms with Gasteiger partial charge < -0.3 is 14.2 Å². The Morgan fingerprint density at radius 3 is 1.76 bits per heavy atom. The molecule has 0 amide bonds. The van der Waals surface area contributed by atoms with E-state index in [9.17, 15) is 4.79 Å². The van der Waals surface area contributed by atoms with Crippen molar-refractivity contribution in [1.82, 2.24) is 0 Å². The molecule has 0 saturated heterocycles. The number of rotatable bonds is 18. The lowest BCUT2D eigenvalue weighted by molar-refractivity contribution is 0.0447. The molecule has 0 saturated carbocycles. The maximum absolute atomic E-state index is 12.2. The first-order chi connectivity index (χ1) is 22.0. The molecule has 4 aromatic rings. The summed E-state index contributed by atoms with van der Waals surface area (Å²) >= 11 is 0. The molecule has 5 nitrogen and oxygen atoms in total. The molecule has 0 aliphatic carbocycles. The average Bonchev–Trinajstić information content (AvgIpc) is 3.08. The highest BCUT2D eigenvalue weighted by Gasteiger charge is 2.09. The molecule has 0 aliphatic rings. The molecule has 0 fully saturated rings. The molecule has 0 radical (unpaired) electrons. The van der Waals surface area contributed by atoms with Crippen LogP contribution in [0.2, 0.25) is 0 Å². The van der Waals surface area contributed by atoms with E-state index in [2.05, 4.69) is 50.0 Å². The van der Waals surface area contributed by atoms with Gasteiger partial charge in [-0.15, -0.1) is 0 Å². The van der Waals surface area contributed by atoms with E-state index in [4.69, 9.17) is 14.2 Å². The van der Waals surface area contributed by atoms with E-state index < -0.39 is 0 Å². The predicted molar refractivity (Wildman–Crippen MR) is 185 cm³/mol. The van der Waals surface area contributed by atoms with Gasteiger partial charge >= 0.3 is 5.97 Å². The van der Waals surface area contributed by atoms with Crippen LogP contribution < -0.4 is 9.47 Å². The monoisotopic (exact) mass is 605 g/mol. The van der Waals surface area contributed by atoms with Crippen molar-refractivity contribution in [2.24, 2.45) is 10.9 Å². The third-order valence-corrected chi connectivity index (χ3v) is 7.86. The summed E-state index contributed by atoms with van der Waals surface area (Å²) in [5.41, 5.74) is 5.98. The zero-order valence-electron chi connectivity index (χ0n) is 27.0. The van der Waals surface area contributed by atoms with Gasteiger partial charge in [0.2, 0.25) is 0 Å². The average molecular weight is 606 g/mol. The Labute approximate surface area is 269 Å². The van der Waals surface area contributed by atoms with Gasteiger partial charge in [-0.1, -0.05) is 87.9 Å². The van der Waals surface area contributed by atoms with Crippen LogP contribution in [0.25, 0.3) is 11.1 Å². The Kier molecular flexibility index (Phi) is 13.7. The molecule has 0 heterocycles. The highest BCUT2D eigenvalue weighted by atomic mass is 16.5. The third-order valence-electron chi connectivity index (χ3n) is 7.86. The number of nitrogens with zero attached hydrogens (tertiary/aromatic N) is 1. The number of hydrogen-bond acceptors (Lipinski definition) is 5. The van der Waals surface area contributed by atoms with Crippen molar-refractivity contribution >= 4 is 17.9 Å². The fraction of sp³-hybridized carbons (Fsp3) is 0.350. The second kappa shape index (κ2) is 18.4. The number of carbonyl (C=O) groups is 1. The van der Waals surface area contributed by atoms with Gasteiger partial charge in [0.05, 0.1) is 31.1 Å². The number of benzene rings is 4. The van der Waals surface area contributed by atoms with Gasteiger partial charge in [-0.2, -0.15) is 0 Å². The summed E-state index contributed by atoms with van der Waals surface area (Å²) < 4.78 is 17.3. The second-order valence-electron chi connectivity index (χ2n) is 11.7. The van der Waals surface area contributed by atoms with Crippen LogP contribution in [0.1, 0.15) is 80.3 Å². The summed E-state index contributed by atoms with van der Waals surface area (Å²) in [6.07, 6.45) is 9.73. The Hall–Kier alpha value is -4.38. The van der Waals surface area contributed by atoms with Gasteiger partial charge in [-0.05, 0) is 103 Å². The van der Waals surface area contributed by atoms with Crippen LogP contribution in [0.5, 0.6) is 11.5 Å². The summed E-state index contributed by atoms with van der Waals surface area (Å²) in [5.74, 6) is 1.89. The first-order valence-electron chi connectivity index (χ1n) is 16.3. The number of aliphatic imine (C=N–C) groups is 1. The fourth-order valence-electron chi connectivity index (χ4n) is 4.68. The van der Waals surface area contributed by atoms with Gasteiger partial charge in [0.15, 0.2) is 0 Å². The standard InChI is InChI=1S/C40H47NO4/c1-4-31(2)30-45-40(42)36-17-15-34(16-18-36)35-19-25-39(26-20-35)44-28-10-8-6-5-7-9-27-43-38-23-13-33(14-24-38)29-41-37-21-11-32(3)12-22-37/h11-26,29,31H,4-10,27-28,30H2,1-3H3. The number of hydrogen-bond donors (Lipinski definition) is 0. The van der Waals surface area contributed by atoms with Gasteiger partial charge in [-0.3, -0.25) is 4.99 Å². The van der Waals surface area contributed by atoms with E-state index >= 15 is 0 Å². The molecule has 5 heteroatoms. The topological polar surface area (TPSA) is 57.1 Å². The van der Waals surface area contributed by atoms with Crippen LogP contribution >= 0.6 is 0 Å². The van der Waals surface area contributed by atoms with Crippen molar-refractivity contribution in [2.45, 2.75) is 65.7 Å². The second-order valence-corrected chi connectivity index (χ2v) is 11.7. The highest BCUT2D eigenvalue weighted by molar-refractivity contribution is 5.90. The molecule has 4 rings (SSSR count). The van der Waals surface area contributed by atoms with Gasteiger partial charge in [0.1, 0.15) is 11.5 Å². The Bertz CT molecular complexity index is 1440. The van der Waals surface area contributed by atoms with Crippen molar-refractivity contribution in [2.75, 3.05) is 19.8 Å². The largest absolute Gasteiger partial charge is 0.494 e. The van der Waals surface area contributed by atoms with Crippen LogP contribution in [0.3, 0.4) is 0 Å². The van der Waals surface area contributed by atoms with E-state index in [-0.39, 0.29) is 5.97 Å². The summed E-state index contributed by atoms with van der Waals surface area (Å²) in [5, 5.41) is 0. The van der Waals surface area contributed by atoms with E-state index in [1.54, 1.807) is 0 Å². The van der Waals surface area contributed by atoms with Crippen LogP contribution in [-0.2, 0) is 4.74 Å². The first kappa shape index (κ1) is 33.5. The maximum Gasteiger partial charge on any atom is 0.338 e. The number of ether oxygens (including phenoxy) is 3. The zero-order chi connectivity index (χ0) is 31.7. The van der Waals surface area contributed by atoms with E-state index in [1.165, 1.54) is 24.8 Å². The smallest absolute Gasteiger partial charge is 0.338 e. The molecule has 45 heavy (non-hydrogen) atoms. The van der Waals surface area contributed by atoms with Crippen LogP contribution in [0.4, 0.5) is 5.69 Å². The molecule has 0 N–H and O–H groups in total. The van der Waals surface area contributed by atoms with E-state index in [1.807, 2.05) is 79.0 Å². The Morgan fingerprint density at radius 2 is 1.20 bits per heavy atom. The molecule has 0 bridgehead atoms. The molecule has 0 aromatic heterocycles. The maximum atomic E-state index is 12.2. The normalized spacial score (nSPS) is 11.8. The lowest BCUT2D eigenvalue weighted by Gasteiger charge is -2.10. The van der Waals surface area contributed by atoms with Crippen molar-refractivity contribution in [1.29, 1.82) is 0 Å². The minimum atomic E-state index is -0.266. The van der Waals surface area contributed by atoms with Crippen molar-refractivity contribution < 1.29 is 19.0 Å². The molecular formula is C40H47NO4. The Morgan fingerprint density at radius 1 is 0.689 bits per heavy atom. The molecule has 1 atom stereocenters. The number of carbonyl (C=O) groups excluding carboxylic acids is 1. The number of aryl methyl sites for hydroxylation is 1. The van der Waals surface area contributed by atoms with Crippen molar-refractivity contribution in [3.05, 3.63) is 114 Å². The fourth-order valence-corrected chi connectivity index (χ4v) is 4.68. The van der Waals surface area contributed by atoms with Gasteiger partial charge in [0.25, 0.3) is 0 Å². The minimum absolute atomic E-state index is 0.266. The quantitative estimate of drug-likeness (QED) is 0.0643. The van der Waals surface area contributed by atoms with Crippen molar-refractivity contribution in [3.63, 3.8) is 0 Å². The van der Waals surface area contributed by atoms with Gasteiger partial charge in [-0.25, -0.2) is 4.79 Å². The minimum Gasteiger partial charge on any atom is -0.494 e. The highest BCUT2D eigenvalue weighted by Crippen LogP contribution is 2.24. The molecule has 0 spiro atoms. The summed E-state index contributed by atoms with van der Waals surface area (Å²) in [6.45, 7) is 8.17. The van der Waals surface area contributed by atoms with Crippen LogP contribution in [0.15, 0.2) is 102 Å². The van der Waals surface area contributed by atoms with Crippen molar-refractivity contribution in [3.8, 4) is 22.6 Å². The summed E-state index contributed by atoms with van der Waals surface area (Å²) in [7, 11) is 0. The Balaban J connectivity index is 1.03. The molecule has 0 aliphatic heterocycles. The zero-order valence-corrected chi connectivity index (χ0v) is 27.0. The summed E-state index contributed by atoms with van der Waals surface area (Å²) in [4.78, 5) is 16.8. The van der Waals surface area contributed by atoms with E-state index in [0.717, 1.165) is 72.8 Å². The number of esters is 1. The first-order valence-corrected chi connectivity index (χ1v) is 16.3. The molecule has 236 valence electrons.